The Morgan fingerprint density at radius 1 is 1.00 bits per heavy atom. The number of rotatable bonds is 1. The lowest BCUT2D eigenvalue weighted by Gasteiger charge is -2.39. The fourth-order valence-electron chi connectivity index (χ4n) is 3.14. The van der Waals surface area contributed by atoms with Gasteiger partial charge in [0.1, 0.15) is 0 Å². The van der Waals surface area contributed by atoms with Gasteiger partial charge in [-0.2, -0.15) is 0 Å². The van der Waals surface area contributed by atoms with Gasteiger partial charge in [-0.3, -0.25) is 0 Å². The van der Waals surface area contributed by atoms with Crippen LogP contribution < -0.4 is 5.32 Å². The number of urea groups is 1. The minimum absolute atomic E-state index is 0.173. The lowest BCUT2D eigenvalue weighted by molar-refractivity contribution is 0.120. The maximum Gasteiger partial charge on any atom is 0.318 e. The van der Waals surface area contributed by atoms with E-state index in [4.69, 9.17) is 0 Å². The molecule has 16 heavy (non-hydrogen) atoms. The van der Waals surface area contributed by atoms with Gasteiger partial charge in [-0.25, -0.2) is 4.79 Å². The number of hydrogen-bond acceptors (Lipinski definition) is 1. The first-order valence-corrected chi connectivity index (χ1v) is 6.77. The molecule has 2 aliphatic rings. The van der Waals surface area contributed by atoms with Crippen LogP contribution in [0.1, 0.15) is 58.8 Å². The summed E-state index contributed by atoms with van der Waals surface area (Å²) in [5.74, 6) is 0. The molecule has 1 aliphatic carbocycles. The SMILES string of the molecule is CC1CCCC(C)N1C(=O)NC1CCCC1. The number of likely N-dealkylation sites (tertiary alicyclic amines) is 1. The molecule has 2 unspecified atom stereocenters. The van der Waals surface area contributed by atoms with Crippen LogP contribution in [0.2, 0.25) is 0 Å². The number of nitrogens with zero attached hydrogens (tertiary/aromatic N) is 1. The van der Waals surface area contributed by atoms with E-state index in [9.17, 15) is 4.79 Å². The second-order valence-corrected chi connectivity index (χ2v) is 5.47. The Balaban J connectivity index is 1.90. The topological polar surface area (TPSA) is 32.3 Å². The number of carbonyl (C=O) groups excluding carboxylic acids is 1. The smallest absolute Gasteiger partial charge is 0.318 e. The van der Waals surface area contributed by atoms with Crippen molar-refractivity contribution in [2.45, 2.75) is 76.9 Å². The van der Waals surface area contributed by atoms with Crippen LogP contribution >= 0.6 is 0 Å². The van der Waals surface area contributed by atoms with E-state index in [1.165, 1.54) is 32.1 Å². The second-order valence-electron chi connectivity index (χ2n) is 5.47. The largest absolute Gasteiger partial charge is 0.335 e. The van der Waals surface area contributed by atoms with Crippen LogP contribution in [0.15, 0.2) is 0 Å². The summed E-state index contributed by atoms with van der Waals surface area (Å²) in [5.41, 5.74) is 0. The Kier molecular flexibility index (Phi) is 3.72. The van der Waals surface area contributed by atoms with Gasteiger partial charge in [0.05, 0.1) is 0 Å². The highest BCUT2D eigenvalue weighted by Gasteiger charge is 2.30. The molecule has 1 heterocycles. The van der Waals surface area contributed by atoms with Crippen molar-refractivity contribution in [3.05, 3.63) is 0 Å². The molecule has 2 fully saturated rings. The van der Waals surface area contributed by atoms with Crippen LogP contribution in [0.25, 0.3) is 0 Å². The molecule has 2 amide bonds. The van der Waals surface area contributed by atoms with Crippen LogP contribution in [0, 0.1) is 0 Å². The van der Waals surface area contributed by atoms with E-state index in [0.717, 1.165) is 12.8 Å². The molecular weight excluding hydrogens is 200 g/mol. The van der Waals surface area contributed by atoms with Crippen molar-refractivity contribution in [3.8, 4) is 0 Å². The fraction of sp³-hybridized carbons (Fsp3) is 0.923. The van der Waals surface area contributed by atoms with Gasteiger partial charge >= 0.3 is 6.03 Å². The molecule has 1 aliphatic heterocycles. The summed E-state index contributed by atoms with van der Waals surface area (Å²) in [6, 6.07) is 1.43. The Morgan fingerprint density at radius 3 is 2.12 bits per heavy atom. The van der Waals surface area contributed by atoms with E-state index in [2.05, 4.69) is 24.1 Å². The van der Waals surface area contributed by atoms with E-state index in [-0.39, 0.29) is 6.03 Å². The lowest BCUT2D eigenvalue weighted by atomic mass is 9.98. The first-order valence-electron chi connectivity index (χ1n) is 6.77. The molecule has 0 aromatic heterocycles. The van der Waals surface area contributed by atoms with Gasteiger partial charge < -0.3 is 10.2 Å². The first kappa shape index (κ1) is 11.7. The molecule has 1 saturated carbocycles. The van der Waals surface area contributed by atoms with Crippen molar-refractivity contribution >= 4 is 6.03 Å². The Morgan fingerprint density at radius 2 is 1.56 bits per heavy atom. The fourth-order valence-corrected chi connectivity index (χ4v) is 3.14. The van der Waals surface area contributed by atoms with Gasteiger partial charge in [-0.1, -0.05) is 12.8 Å². The monoisotopic (exact) mass is 224 g/mol. The maximum atomic E-state index is 12.2. The molecule has 0 radical (unpaired) electrons. The summed E-state index contributed by atoms with van der Waals surface area (Å²) in [4.78, 5) is 14.2. The Bertz CT molecular complexity index is 238. The van der Waals surface area contributed by atoms with Gasteiger partial charge in [-0.05, 0) is 46.0 Å². The predicted molar refractivity (Wildman–Crippen MR) is 65.4 cm³/mol. The molecule has 3 nitrogen and oxygen atoms in total. The van der Waals surface area contributed by atoms with E-state index in [1.54, 1.807) is 0 Å². The molecule has 1 saturated heterocycles. The molecular formula is C13H24N2O. The number of piperidine rings is 1. The Labute approximate surface area is 98.6 Å². The summed E-state index contributed by atoms with van der Waals surface area (Å²) in [6.45, 7) is 4.34. The van der Waals surface area contributed by atoms with Gasteiger partial charge in [-0.15, -0.1) is 0 Å². The van der Waals surface area contributed by atoms with Crippen molar-refractivity contribution in [2.24, 2.45) is 0 Å². The number of hydrogen-bond donors (Lipinski definition) is 1. The quantitative estimate of drug-likeness (QED) is 0.729. The van der Waals surface area contributed by atoms with Crippen molar-refractivity contribution in [1.82, 2.24) is 10.2 Å². The molecule has 3 heteroatoms. The van der Waals surface area contributed by atoms with Crippen molar-refractivity contribution in [1.29, 1.82) is 0 Å². The maximum absolute atomic E-state index is 12.2. The third-order valence-electron chi connectivity index (χ3n) is 4.11. The van der Waals surface area contributed by atoms with Gasteiger partial charge in [0.25, 0.3) is 0 Å². The third-order valence-corrected chi connectivity index (χ3v) is 4.11. The summed E-state index contributed by atoms with van der Waals surface area (Å²) in [5, 5.41) is 3.20. The van der Waals surface area contributed by atoms with Crippen LogP contribution in [0.3, 0.4) is 0 Å². The van der Waals surface area contributed by atoms with Crippen molar-refractivity contribution in [3.63, 3.8) is 0 Å². The standard InChI is InChI=1S/C13H24N2O/c1-10-6-5-7-11(2)15(10)13(16)14-12-8-3-4-9-12/h10-12H,3-9H2,1-2H3,(H,14,16). The van der Waals surface area contributed by atoms with Crippen LogP contribution in [-0.2, 0) is 0 Å². The van der Waals surface area contributed by atoms with Crippen LogP contribution in [0.4, 0.5) is 4.79 Å². The zero-order valence-corrected chi connectivity index (χ0v) is 10.5. The molecule has 0 bridgehead atoms. The third kappa shape index (κ3) is 2.50. The lowest BCUT2D eigenvalue weighted by Crippen LogP contribution is -2.53. The highest BCUT2D eigenvalue weighted by atomic mass is 16.2. The molecule has 0 aromatic rings. The highest BCUT2D eigenvalue weighted by molar-refractivity contribution is 5.75. The average molecular weight is 224 g/mol. The van der Waals surface area contributed by atoms with Crippen LogP contribution in [-0.4, -0.2) is 29.1 Å². The molecule has 0 spiro atoms. The van der Waals surface area contributed by atoms with Gasteiger partial charge in [0, 0.05) is 18.1 Å². The predicted octanol–water partition coefficient (Wildman–Crippen LogP) is 2.90. The average Bonchev–Trinajstić information content (AvgIpc) is 2.70. The number of amides is 2. The van der Waals surface area contributed by atoms with Gasteiger partial charge in [0.2, 0.25) is 0 Å². The summed E-state index contributed by atoms with van der Waals surface area (Å²) < 4.78 is 0. The molecule has 0 aromatic carbocycles. The molecule has 92 valence electrons. The minimum atomic E-state index is 0.173. The van der Waals surface area contributed by atoms with E-state index in [0.29, 0.717) is 18.1 Å². The van der Waals surface area contributed by atoms with E-state index in [1.807, 2.05) is 0 Å². The number of nitrogens with one attached hydrogen (secondary N) is 1. The van der Waals surface area contributed by atoms with Crippen molar-refractivity contribution in [2.75, 3.05) is 0 Å². The molecule has 2 atom stereocenters. The Hall–Kier alpha value is -0.730. The normalized spacial score (nSPS) is 31.8. The molecule has 2 rings (SSSR count). The summed E-state index contributed by atoms with van der Waals surface area (Å²) >= 11 is 0. The van der Waals surface area contributed by atoms with Gasteiger partial charge in [0.15, 0.2) is 0 Å². The zero-order valence-electron chi connectivity index (χ0n) is 10.5. The summed E-state index contributed by atoms with van der Waals surface area (Å²) in [6.07, 6.45) is 8.46. The minimum Gasteiger partial charge on any atom is -0.335 e. The number of carbonyl (C=O) groups is 1. The van der Waals surface area contributed by atoms with E-state index >= 15 is 0 Å². The molecule has 1 N–H and O–H groups in total. The zero-order chi connectivity index (χ0) is 11.5. The second kappa shape index (κ2) is 5.07. The first-order chi connectivity index (χ1) is 7.68. The van der Waals surface area contributed by atoms with Crippen molar-refractivity contribution < 1.29 is 4.79 Å². The highest BCUT2D eigenvalue weighted by Crippen LogP contribution is 2.24. The van der Waals surface area contributed by atoms with E-state index < -0.39 is 0 Å². The van der Waals surface area contributed by atoms with Crippen LogP contribution in [0.5, 0.6) is 0 Å². The summed E-state index contributed by atoms with van der Waals surface area (Å²) in [7, 11) is 0.